The molecule has 0 aromatic carbocycles. The fourth-order valence-electron chi connectivity index (χ4n) is 2.75. The summed E-state index contributed by atoms with van der Waals surface area (Å²) < 4.78 is 0. The Kier molecular flexibility index (Phi) is 5.43. The van der Waals surface area contributed by atoms with Crippen molar-refractivity contribution < 1.29 is 0 Å². The van der Waals surface area contributed by atoms with Crippen LogP contribution in [0.3, 0.4) is 0 Å². The maximum Gasteiger partial charge on any atom is 0.0330 e. The summed E-state index contributed by atoms with van der Waals surface area (Å²) in [7, 11) is 0. The molecule has 2 rings (SSSR count). The zero-order chi connectivity index (χ0) is 13.8. The number of nitrogens with one attached hydrogen (secondary N) is 1. The molecule has 1 aliphatic heterocycles. The van der Waals surface area contributed by atoms with Crippen LogP contribution in [0.4, 0.5) is 0 Å². The fourth-order valence-corrected chi connectivity index (χ4v) is 3.75. The Labute approximate surface area is 122 Å². The average molecular weight is 280 g/mol. The molecule has 2 unspecified atom stereocenters. The average Bonchev–Trinajstić information content (AvgIpc) is 2.80. The van der Waals surface area contributed by atoms with E-state index in [4.69, 9.17) is 0 Å². The van der Waals surface area contributed by atoms with Gasteiger partial charge in [0.15, 0.2) is 0 Å². The highest BCUT2D eigenvalue weighted by molar-refractivity contribution is 7.11. The monoisotopic (exact) mass is 280 g/mol. The van der Waals surface area contributed by atoms with Crippen LogP contribution in [-0.4, -0.2) is 23.5 Å². The molecule has 1 aromatic rings. The third kappa shape index (κ3) is 4.30. The predicted octanol–water partition coefficient (Wildman–Crippen LogP) is 3.87. The third-order valence-corrected chi connectivity index (χ3v) is 5.34. The predicted molar refractivity (Wildman–Crippen MR) is 84.6 cm³/mol. The Morgan fingerprint density at radius 2 is 2.05 bits per heavy atom. The maximum atomic E-state index is 3.49. The second kappa shape index (κ2) is 6.87. The summed E-state index contributed by atoms with van der Waals surface area (Å²) in [6.07, 6.45) is 2.75. The zero-order valence-corrected chi connectivity index (χ0v) is 13.6. The first-order valence-electron chi connectivity index (χ1n) is 7.61. The quantitative estimate of drug-likeness (QED) is 0.881. The molecule has 1 N–H and O–H groups in total. The van der Waals surface area contributed by atoms with Crippen molar-refractivity contribution in [2.45, 2.75) is 65.7 Å². The third-order valence-electron chi connectivity index (χ3n) is 4.27. The smallest absolute Gasteiger partial charge is 0.0330 e. The van der Waals surface area contributed by atoms with E-state index in [9.17, 15) is 0 Å². The van der Waals surface area contributed by atoms with Crippen molar-refractivity contribution in [1.29, 1.82) is 0 Å². The highest BCUT2D eigenvalue weighted by Gasteiger charge is 2.24. The standard InChI is InChI=1S/C16H28N2S/c1-12(2)17-10-15-7-8-16(19-15)11-18-9-5-6-13(3)14(18)4/h7-8,12-14,17H,5-6,9-11H2,1-4H3. The topological polar surface area (TPSA) is 15.3 Å². The summed E-state index contributed by atoms with van der Waals surface area (Å²) >= 11 is 1.97. The van der Waals surface area contributed by atoms with Crippen LogP contribution in [-0.2, 0) is 13.1 Å². The number of rotatable bonds is 5. The minimum Gasteiger partial charge on any atom is -0.310 e. The van der Waals surface area contributed by atoms with E-state index in [1.54, 1.807) is 0 Å². The van der Waals surface area contributed by atoms with E-state index < -0.39 is 0 Å². The fraction of sp³-hybridized carbons (Fsp3) is 0.750. The Morgan fingerprint density at radius 1 is 1.32 bits per heavy atom. The van der Waals surface area contributed by atoms with Crippen molar-refractivity contribution in [3.63, 3.8) is 0 Å². The van der Waals surface area contributed by atoms with Crippen molar-refractivity contribution in [3.05, 3.63) is 21.9 Å². The molecule has 19 heavy (non-hydrogen) atoms. The summed E-state index contributed by atoms with van der Waals surface area (Å²) in [6, 6.07) is 5.89. The van der Waals surface area contributed by atoms with Gasteiger partial charge in [-0.3, -0.25) is 4.90 Å². The van der Waals surface area contributed by atoms with Gasteiger partial charge in [-0.1, -0.05) is 20.8 Å². The van der Waals surface area contributed by atoms with Crippen molar-refractivity contribution in [2.75, 3.05) is 6.54 Å². The maximum absolute atomic E-state index is 3.49. The SMILES string of the molecule is CC(C)NCc1ccc(CN2CCCC(C)C2C)s1. The lowest BCUT2D eigenvalue weighted by Gasteiger charge is -2.37. The molecule has 1 aromatic heterocycles. The summed E-state index contributed by atoms with van der Waals surface area (Å²) in [4.78, 5) is 5.63. The van der Waals surface area contributed by atoms with Gasteiger partial charge in [0.2, 0.25) is 0 Å². The Morgan fingerprint density at radius 3 is 2.79 bits per heavy atom. The molecular formula is C16H28N2S. The molecule has 1 aliphatic rings. The first-order valence-corrected chi connectivity index (χ1v) is 8.43. The van der Waals surface area contributed by atoms with Crippen molar-refractivity contribution >= 4 is 11.3 Å². The van der Waals surface area contributed by atoms with Gasteiger partial charge in [-0.15, -0.1) is 11.3 Å². The molecule has 0 radical (unpaired) electrons. The van der Waals surface area contributed by atoms with Crippen molar-refractivity contribution in [1.82, 2.24) is 10.2 Å². The molecule has 0 amide bonds. The number of likely N-dealkylation sites (tertiary alicyclic amines) is 1. The van der Waals surface area contributed by atoms with E-state index >= 15 is 0 Å². The normalized spacial score (nSPS) is 25.1. The molecule has 0 spiro atoms. The first kappa shape index (κ1) is 15.0. The summed E-state index contributed by atoms with van der Waals surface area (Å²) in [5.74, 6) is 0.843. The van der Waals surface area contributed by atoms with E-state index in [2.05, 4.69) is 50.0 Å². The minimum absolute atomic E-state index is 0.563. The van der Waals surface area contributed by atoms with E-state index in [0.717, 1.165) is 25.0 Å². The lowest BCUT2D eigenvalue weighted by atomic mass is 9.92. The Balaban J connectivity index is 1.88. The van der Waals surface area contributed by atoms with Gasteiger partial charge in [-0.2, -0.15) is 0 Å². The van der Waals surface area contributed by atoms with Gasteiger partial charge in [-0.25, -0.2) is 0 Å². The van der Waals surface area contributed by atoms with Crippen molar-refractivity contribution in [3.8, 4) is 0 Å². The van der Waals surface area contributed by atoms with Gasteiger partial charge < -0.3 is 5.32 Å². The molecule has 0 bridgehead atoms. The number of piperidine rings is 1. The molecule has 3 heteroatoms. The second-order valence-corrected chi connectivity index (χ2v) is 7.49. The summed E-state index contributed by atoms with van der Waals surface area (Å²) in [5, 5.41) is 3.49. The van der Waals surface area contributed by atoms with Gasteiger partial charge in [0.1, 0.15) is 0 Å². The molecular weight excluding hydrogens is 252 g/mol. The highest BCUT2D eigenvalue weighted by atomic mass is 32.1. The molecule has 2 heterocycles. The van der Waals surface area contributed by atoms with Crippen LogP contribution in [0.5, 0.6) is 0 Å². The molecule has 2 atom stereocenters. The summed E-state index contributed by atoms with van der Waals surface area (Å²) in [5.41, 5.74) is 0. The minimum atomic E-state index is 0.563. The van der Waals surface area contributed by atoms with Crippen LogP contribution in [0.25, 0.3) is 0 Å². The van der Waals surface area contributed by atoms with Crippen LogP contribution in [0.2, 0.25) is 0 Å². The summed E-state index contributed by atoms with van der Waals surface area (Å²) in [6.45, 7) is 12.6. The van der Waals surface area contributed by atoms with Crippen LogP contribution < -0.4 is 5.32 Å². The number of nitrogens with zero attached hydrogens (tertiary/aromatic N) is 1. The van der Waals surface area contributed by atoms with Gasteiger partial charge >= 0.3 is 0 Å². The number of thiophene rings is 1. The Bertz CT molecular complexity index is 386. The molecule has 2 nitrogen and oxygen atoms in total. The van der Waals surface area contributed by atoms with Crippen LogP contribution in [0.15, 0.2) is 12.1 Å². The highest BCUT2D eigenvalue weighted by Crippen LogP contribution is 2.26. The molecule has 0 aliphatic carbocycles. The zero-order valence-electron chi connectivity index (χ0n) is 12.8. The van der Waals surface area contributed by atoms with E-state index in [1.165, 1.54) is 29.1 Å². The van der Waals surface area contributed by atoms with E-state index in [0.29, 0.717) is 6.04 Å². The van der Waals surface area contributed by atoms with Gasteiger partial charge in [0.05, 0.1) is 0 Å². The van der Waals surface area contributed by atoms with Gasteiger partial charge in [-0.05, 0) is 44.4 Å². The molecule has 108 valence electrons. The molecule has 1 fully saturated rings. The Hall–Kier alpha value is -0.380. The first-order chi connectivity index (χ1) is 9.06. The van der Waals surface area contributed by atoms with E-state index in [1.807, 2.05) is 11.3 Å². The van der Waals surface area contributed by atoms with Gasteiger partial charge in [0, 0.05) is 34.9 Å². The van der Waals surface area contributed by atoms with E-state index in [-0.39, 0.29) is 0 Å². The van der Waals surface area contributed by atoms with Gasteiger partial charge in [0.25, 0.3) is 0 Å². The lowest BCUT2D eigenvalue weighted by Crippen LogP contribution is -2.41. The largest absolute Gasteiger partial charge is 0.310 e. The second-order valence-electron chi connectivity index (χ2n) is 6.23. The number of hydrogen-bond acceptors (Lipinski definition) is 3. The van der Waals surface area contributed by atoms with Crippen molar-refractivity contribution in [2.24, 2.45) is 5.92 Å². The number of hydrogen-bond donors (Lipinski definition) is 1. The lowest BCUT2D eigenvalue weighted by molar-refractivity contribution is 0.107. The van der Waals surface area contributed by atoms with Crippen LogP contribution in [0.1, 0.15) is 50.3 Å². The van der Waals surface area contributed by atoms with Crippen LogP contribution in [0, 0.1) is 5.92 Å². The van der Waals surface area contributed by atoms with Crippen LogP contribution >= 0.6 is 11.3 Å². The molecule has 1 saturated heterocycles. The molecule has 0 saturated carbocycles.